The third kappa shape index (κ3) is 6.78. The standard InChI is InChI=1S/C37H45ClN2O5/c1-3-7-24(18-26-11-12-29(41)20-32(26)38)10-13-33-34-27(22-44-2)19-30-35(31(34)23-45-33)37(43)40(36(30)42)28-14-16-39(17-15-28)21-25-8-5-4-6-9-25/h4-6,8-9,11-12,18,20,28,30-31,33,35,41H,3,7,10,13-17,19,21-23H2,1-2H3/b24-18+/t30-,31+,33-,35-/m1/s1. The third-order valence-electron chi connectivity index (χ3n) is 10.2. The highest BCUT2D eigenvalue weighted by Crippen LogP contribution is 2.50. The fraction of sp³-hybridized carbons (Fsp3) is 0.514. The summed E-state index contributed by atoms with van der Waals surface area (Å²) in [5.74, 6) is -0.594. The van der Waals surface area contributed by atoms with Crippen LogP contribution in [0.5, 0.6) is 5.75 Å². The molecule has 2 aromatic rings. The number of hydrogen-bond donors (Lipinski definition) is 1. The van der Waals surface area contributed by atoms with Gasteiger partial charge in [0.25, 0.3) is 0 Å². The summed E-state index contributed by atoms with van der Waals surface area (Å²) in [6.07, 6.45) is 7.80. The van der Waals surface area contributed by atoms with E-state index in [0.717, 1.165) is 69.3 Å². The molecular weight excluding hydrogens is 588 g/mol. The molecule has 1 N–H and O–H groups in total. The van der Waals surface area contributed by atoms with Crippen molar-refractivity contribution in [2.75, 3.05) is 33.4 Å². The van der Waals surface area contributed by atoms with Crippen molar-refractivity contribution in [2.45, 2.75) is 70.6 Å². The lowest BCUT2D eigenvalue weighted by Crippen LogP contribution is -2.47. The van der Waals surface area contributed by atoms with Crippen molar-refractivity contribution in [2.24, 2.45) is 17.8 Å². The number of carbonyl (C=O) groups is 2. The van der Waals surface area contributed by atoms with Crippen LogP contribution in [0.2, 0.25) is 5.02 Å². The van der Waals surface area contributed by atoms with Crippen molar-refractivity contribution >= 4 is 29.5 Å². The van der Waals surface area contributed by atoms with Gasteiger partial charge in [-0.1, -0.05) is 66.9 Å². The number of imide groups is 1. The fourth-order valence-corrected chi connectivity index (χ4v) is 8.33. The first-order valence-corrected chi connectivity index (χ1v) is 16.9. The van der Waals surface area contributed by atoms with Crippen molar-refractivity contribution in [3.05, 3.63) is 81.4 Å². The molecule has 7 nitrogen and oxygen atoms in total. The first kappa shape index (κ1) is 32.0. The second kappa shape index (κ2) is 14.2. The van der Waals surface area contributed by atoms with Crippen molar-refractivity contribution < 1.29 is 24.2 Å². The summed E-state index contributed by atoms with van der Waals surface area (Å²) >= 11 is 6.41. The monoisotopic (exact) mass is 632 g/mol. The maximum atomic E-state index is 14.1. The van der Waals surface area contributed by atoms with E-state index in [0.29, 0.717) is 24.7 Å². The number of phenols is 1. The highest BCUT2D eigenvalue weighted by Gasteiger charge is 2.58. The van der Waals surface area contributed by atoms with Crippen LogP contribution in [0.4, 0.5) is 0 Å². The molecule has 6 rings (SSSR count). The predicted octanol–water partition coefficient (Wildman–Crippen LogP) is 6.64. The number of allylic oxidation sites excluding steroid dienone is 1. The third-order valence-corrected chi connectivity index (χ3v) is 10.5. The highest BCUT2D eigenvalue weighted by atomic mass is 35.5. The molecule has 4 aliphatic rings. The Kier molecular flexibility index (Phi) is 10.1. The Morgan fingerprint density at radius 3 is 2.56 bits per heavy atom. The van der Waals surface area contributed by atoms with E-state index < -0.39 is 0 Å². The molecular formula is C37H45ClN2O5. The number of carbonyl (C=O) groups excluding carboxylic acids is 2. The van der Waals surface area contributed by atoms with Crippen LogP contribution >= 0.6 is 11.6 Å². The minimum atomic E-state index is -0.345. The molecule has 0 spiro atoms. The molecule has 3 heterocycles. The number of piperidine rings is 1. The van der Waals surface area contributed by atoms with Gasteiger partial charge in [0.15, 0.2) is 0 Å². The molecule has 0 aromatic heterocycles. The Morgan fingerprint density at radius 2 is 1.84 bits per heavy atom. The molecule has 3 saturated heterocycles. The summed E-state index contributed by atoms with van der Waals surface area (Å²) in [6.45, 7) is 5.73. The van der Waals surface area contributed by atoms with Crippen LogP contribution in [0.25, 0.3) is 6.08 Å². The summed E-state index contributed by atoms with van der Waals surface area (Å²) < 4.78 is 12.1. The Balaban J connectivity index is 1.15. The number of benzene rings is 2. The number of aromatic hydroxyl groups is 1. The van der Waals surface area contributed by atoms with Gasteiger partial charge in [0.1, 0.15) is 5.75 Å². The number of methoxy groups -OCH3 is 1. The van der Waals surface area contributed by atoms with E-state index in [4.69, 9.17) is 21.1 Å². The van der Waals surface area contributed by atoms with E-state index in [2.05, 4.69) is 42.2 Å². The smallest absolute Gasteiger partial charge is 0.234 e. The number of phenolic OH excluding ortho intramolecular Hbond substituents is 1. The summed E-state index contributed by atoms with van der Waals surface area (Å²) in [5.41, 5.74) is 5.78. The molecule has 0 radical (unpaired) electrons. The highest BCUT2D eigenvalue weighted by molar-refractivity contribution is 6.32. The average molecular weight is 633 g/mol. The van der Waals surface area contributed by atoms with Crippen molar-refractivity contribution in [1.82, 2.24) is 9.80 Å². The number of halogens is 1. The lowest BCUT2D eigenvalue weighted by atomic mass is 9.69. The summed E-state index contributed by atoms with van der Waals surface area (Å²) in [7, 11) is 1.69. The average Bonchev–Trinajstić information content (AvgIpc) is 3.56. The topological polar surface area (TPSA) is 79.3 Å². The number of nitrogens with zero attached hydrogens (tertiary/aromatic N) is 2. The van der Waals surface area contributed by atoms with Crippen LogP contribution in [0.3, 0.4) is 0 Å². The predicted molar refractivity (Wildman–Crippen MR) is 176 cm³/mol. The van der Waals surface area contributed by atoms with Gasteiger partial charge in [-0.15, -0.1) is 0 Å². The second-order valence-corrected chi connectivity index (χ2v) is 13.5. The molecule has 240 valence electrons. The second-order valence-electron chi connectivity index (χ2n) is 13.1. The molecule has 2 aromatic carbocycles. The number of fused-ring (bicyclic) bond motifs is 3. The number of ether oxygens (including phenoxy) is 2. The molecule has 1 aliphatic carbocycles. The van der Waals surface area contributed by atoms with E-state index in [1.165, 1.54) is 16.7 Å². The van der Waals surface area contributed by atoms with Crippen LogP contribution < -0.4 is 0 Å². The molecule has 4 atom stereocenters. The Hall–Kier alpha value is -2.97. The van der Waals surface area contributed by atoms with Crippen LogP contribution in [-0.2, 0) is 25.6 Å². The van der Waals surface area contributed by atoms with Gasteiger partial charge in [0.05, 0.1) is 36.2 Å². The molecule has 0 unspecified atom stereocenters. The normalized spacial score (nSPS) is 26.1. The van der Waals surface area contributed by atoms with Gasteiger partial charge in [0, 0.05) is 38.7 Å². The Labute approximate surface area is 271 Å². The summed E-state index contributed by atoms with van der Waals surface area (Å²) in [6, 6.07) is 15.5. The van der Waals surface area contributed by atoms with Crippen molar-refractivity contribution in [3.63, 3.8) is 0 Å². The van der Waals surface area contributed by atoms with Gasteiger partial charge >= 0.3 is 0 Å². The van der Waals surface area contributed by atoms with Crippen LogP contribution in [-0.4, -0.2) is 72.3 Å². The molecule has 3 aliphatic heterocycles. The zero-order valence-electron chi connectivity index (χ0n) is 26.4. The maximum Gasteiger partial charge on any atom is 0.234 e. The van der Waals surface area contributed by atoms with E-state index in [-0.39, 0.29) is 47.5 Å². The van der Waals surface area contributed by atoms with Gasteiger partial charge in [-0.2, -0.15) is 0 Å². The minimum Gasteiger partial charge on any atom is -0.508 e. The number of hydrogen-bond acceptors (Lipinski definition) is 6. The molecule has 45 heavy (non-hydrogen) atoms. The summed E-state index contributed by atoms with van der Waals surface area (Å²) in [5, 5.41) is 10.3. The SMILES string of the molecule is CCC/C(=C\c1ccc(O)cc1Cl)CC[C@H]1OC[C@H]2C1=C(COC)C[C@H]1C(=O)N(C3CCN(Cc4ccccc4)CC3)C(=O)[C@H]12. The minimum absolute atomic E-state index is 0.00144. The maximum absolute atomic E-state index is 14.1. The van der Waals surface area contributed by atoms with E-state index >= 15 is 0 Å². The number of likely N-dealkylation sites (tertiary alicyclic amines) is 2. The van der Waals surface area contributed by atoms with Crippen LogP contribution in [0.15, 0.2) is 65.3 Å². The van der Waals surface area contributed by atoms with Gasteiger partial charge in [-0.05, 0) is 79.0 Å². The lowest BCUT2D eigenvalue weighted by molar-refractivity contribution is -0.144. The van der Waals surface area contributed by atoms with Gasteiger partial charge in [-0.25, -0.2) is 0 Å². The van der Waals surface area contributed by atoms with Crippen LogP contribution in [0.1, 0.15) is 63.0 Å². The number of amides is 2. The molecule has 0 saturated carbocycles. The molecule has 2 amide bonds. The van der Waals surface area contributed by atoms with Crippen molar-refractivity contribution in [1.29, 1.82) is 0 Å². The first-order valence-electron chi connectivity index (χ1n) is 16.5. The zero-order chi connectivity index (χ0) is 31.5. The zero-order valence-corrected chi connectivity index (χ0v) is 27.2. The molecule has 8 heteroatoms. The fourth-order valence-electron chi connectivity index (χ4n) is 8.10. The quantitative estimate of drug-likeness (QED) is 0.221. The largest absolute Gasteiger partial charge is 0.508 e. The Bertz CT molecular complexity index is 1450. The van der Waals surface area contributed by atoms with Gasteiger partial charge in [-0.3, -0.25) is 19.4 Å². The Morgan fingerprint density at radius 1 is 1.07 bits per heavy atom. The van der Waals surface area contributed by atoms with Gasteiger partial charge in [0.2, 0.25) is 11.8 Å². The lowest BCUT2D eigenvalue weighted by Gasteiger charge is -2.36. The van der Waals surface area contributed by atoms with Crippen LogP contribution in [0, 0.1) is 17.8 Å². The summed E-state index contributed by atoms with van der Waals surface area (Å²) in [4.78, 5) is 32.1. The van der Waals surface area contributed by atoms with Gasteiger partial charge < -0.3 is 14.6 Å². The van der Waals surface area contributed by atoms with Crippen molar-refractivity contribution in [3.8, 4) is 5.75 Å². The first-order chi connectivity index (χ1) is 21.9. The molecule has 3 fully saturated rings. The van der Waals surface area contributed by atoms with E-state index in [9.17, 15) is 14.7 Å². The van der Waals surface area contributed by atoms with E-state index in [1.54, 1.807) is 24.1 Å². The number of rotatable bonds is 11. The van der Waals surface area contributed by atoms with E-state index in [1.807, 2.05) is 12.1 Å². The molecule has 0 bridgehead atoms.